The Bertz CT molecular complexity index is 842. The first kappa shape index (κ1) is 24.4. The summed E-state index contributed by atoms with van der Waals surface area (Å²) in [7, 11) is 1.73. The molecular weight excluding hydrogens is 517 g/mol. The molecule has 1 aromatic carbocycles. The van der Waals surface area contributed by atoms with E-state index >= 15 is 0 Å². The third kappa shape index (κ3) is 7.73. The minimum Gasteiger partial charge on any atom is -0.368 e. The molecule has 1 saturated heterocycles. The van der Waals surface area contributed by atoms with E-state index in [1.54, 1.807) is 19.3 Å². The number of hydrogen-bond acceptors (Lipinski definition) is 4. The summed E-state index contributed by atoms with van der Waals surface area (Å²) in [6.07, 6.45) is 3.96. The Morgan fingerprint density at radius 2 is 2.13 bits per heavy atom. The highest BCUT2D eigenvalue weighted by Crippen LogP contribution is 2.16. The first-order chi connectivity index (χ1) is 14.1. The fraction of sp³-hybridized carbons (Fsp3) is 0.381. The molecule has 0 aliphatic carbocycles. The summed E-state index contributed by atoms with van der Waals surface area (Å²) >= 11 is 5.80. The zero-order valence-electron chi connectivity index (χ0n) is 16.9. The summed E-state index contributed by atoms with van der Waals surface area (Å²) in [5.41, 5.74) is 2.91. The molecule has 7 nitrogen and oxygen atoms in total. The zero-order chi connectivity index (χ0) is 20.5. The SMILES string of the molecule is CN=C(NCCc1ccc(Cl)nc1)NCc1cccc(NC(=O)C2CCCO2)c1.I. The summed E-state index contributed by atoms with van der Waals surface area (Å²) in [6.45, 7) is 1.97. The van der Waals surface area contributed by atoms with Gasteiger partial charge in [0, 0.05) is 38.6 Å². The molecule has 162 valence electrons. The monoisotopic (exact) mass is 543 g/mol. The molecule has 3 N–H and O–H groups in total. The van der Waals surface area contributed by atoms with E-state index in [1.165, 1.54) is 0 Å². The van der Waals surface area contributed by atoms with Gasteiger partial charge in [-0.25, -0.2) is 4.98 Å². The number of rotatable bonds is 7. The van der Waals surface area contributed by atoms with Gasteiger partial charge in [0.15, 0.2) is 5.96 Å². The van der Waals surface area contributed by atoms with Gasteiger partial charge in [-0.2, -0.15) is 0 Å². The molecule has 2 heterocycles. The number of guanidine groups is 1. The molecule has 0 saturated carbocycles. The molecule has 2 aromatic rings. The fourth-order valence-electron chi connectivity index (χ4n) is 3.05. The van der Waals surface area contributed by atoms with Crippen LogP contribution in [-0.4, -0.2) is 43.2 Å². The largest absolute Gasteiger partial charge is 0.368 e. The average Bonchev–Trinajstić information content (AvgIpc) is 3.27. The number of aromatic nitrogens is 1. The minimum absolute atomic E-state index is 0. The van der Waals surface area contributed by atoms with Crippen LogP contribution in [-0.2, 0) is 22.5 Å². The van der Waals surface area contributed by atoms with E-state index in [0.29, 0.717) is 24.3 Å². The van der Waals surface area contributed by atoms with E-state index in [2.05, 4.69) is 25.9 Å². The number of nitrogens with one attached hydrogen (secondary N) is 3. The highest BCUT2D eigenvalue weighted by atomic mass is 127. The second-order valence-corrected chi connectivity index (χ2v) is 7.17. The van der Waals surface area contributed by atoms with Gasteiger partial charge in [-0.15, -0.1) is 24.0 Å². The summed E-state index contributed by atoms with van der Waals surface area (Å²) < 4.78 is 5.43. The zero-order valence-corrected chi connectivity index (χ0v) is 19.9. The van der Waals surface area contributed by atoms with Gasteiger partial charge >= 0.3 is 0 Å². The number of benzene rings is 1. The number of carbonyl (C=O) groups is 1. The van der Waals surface area contributed by atoms with Crippen LogP contribution < -0.4 is 16.0 Å². The fourth-order valence-corrected chi connectivity index (χ4v) is 3.16. The quantitative estimate of drug-likeness (QED) is 0.216. The summed E-state index contributed by atoms with van der Waals surface area (Å²) in [4.78, 5) is 20.5. The molecule has 1 aliphatic heterocycles. The van der Waals surface area contributed by atoms with Gasteiger partial charge in [0.25, 0.3) is 5.91 Å². The highest BCUT2D eigenvalue weighted by Gasteiger charge is 2.23. The van der Waals surface area contributed by atoms with Gasteiger partial charge in [0.05, 0.1) is 0 Å². The Hall–Kier alpha value is -1.91. The summed E-state index contributed by atoms with van der Waals surface area (Å²) in [6, 6.07) is 11.5. The van der Waals surface area contributed by atoms with Crippen molar-refractivity contribution in [3.05, 3.63) is 58.9 Å². The lowest BCUT2D eigenvalue weighted by atomic mass is 10.2. The van der Waals surface area contributed by atoms with Gasteiger partial charge < -0.3 is 20.7 Å². The van der Waals surface area contributed by atoms with Crippen LogP contribution in [0.5, 0.6) is 0 Å². The molecule has 1 aliphatic rings. The van der Waals surface area contributed by atoms with Crippen LogP contribution in [0.2, 0.25) is 5.15 Å². The van der Waals surface area contributed by atoms with E-state index in [1.807, 2.05) is 30.3 Å². The Labute approximate surface area is 199 Å². The lowest BCUT2D eigenvalue weighted by Crippen LogP contribution is -2.37. The van der Waals surface area contributed by atoms with Crippen molar-refractivity contribution in [3.63, 3.8) is 0 Å². The van der Waals surface area contributed by atoms with Crippen LogP contribution in [0.4, 0.5) is 5.69 Å². The van der Waals surface area contributed by atoms with Crippen molar-refractivity contribution in [2.24, 2.45) is 4.99 Å². The van der Waals surface area contributed by atoms with Crippen molar-refractivity contribution in [2.45, 2.75) is 31.9 Å². The van der Waals surface area contributed by atoms with Crippen LogP contribution in [0.15, 0.2) is 47.6 Å². The van der Waals surface area contributed by atoms with E-state index in [9.17, 15) is 4.79 Å². The smallest absolute Gasteiger partial charge is 0.253 e. The first-order valence-corrected chi connectivity index (χ1v) is 10.1. The van der Waals surface area contributed by atoms with Crippen LogP contribution in [0.1, 0.15) is 24.0 Å². The summed E-state index contributed by atoms with van der Waals surface area (Å²) in [5, 5.41) is 9.98. The molecule has 1 atom stereocenters. The van der Waals surface area contributed by atoms with Crippen molar-refractivity contribution in [3.8, 4) is 0 Å². The Kier molecular flexibility index (Phi) is 10.3. The van der Waals surface area contributed by atoms with Crippen LogP contribution in [0.25, 0.3) is 0 Å². The van der Waals surface area contributed by atoms with Gasteiger partial charge in [-0.3, -0.25) is 9.79 Å². The molecule has 0 radical (unpaired) electrons. The molecule has 30 heavy (non-hydrogen) atoms. The molecular formula is C21H27ClIN5O2. The normalized spacial score (nSPS) is 15.9. The highest BCUT2D eigenvalue weighted by molar-refractivity contribution is 14.0. The number of aliphatic imine (C=N–C) groups is 1. The molecule has 3 rings (SSSR count). The van der Waals surface area contributed by atoms with Crippen molar-refractivity contribution < 1.29 is 9.53 Å². The number of carbonyl (C=O) groups excluding carboxylic acids is 1. The van der Waals surface area contributed by atoms with Crippen LogP contribution >= 0.6 is 35.6 Å². The number of amides is 1. The van der Waals surface area contributed by atoms with Crippen LogP contribution in [0.3, 0.4) is 0 Å². The number of nitrogens with zero attached hydrogens (tertiary/aromatic N) is 2. The van der Waals surface area contributed by atoms with Crippen LogP contribution in [0, 0.1) is 0 Å². The van der Waals surface area contributed by atoms with E-state index in [4.69, 9.17) is 16.3 Å². The van der Waals surface area contributed by atoms with Gasteiger partial charge in [-0.05, 0) is 48.6 Å². The number of hydrogen-bond donors (Lipinski definition) is 3. The molecule has 0 bridgehead atoms. The third-order valence-corrected chi connectivity index (χ3v) is 4.82. The number of pyridine rings is 1. The molecule has 0 spiro atoms. The third-order valence-electron chi connectivity index (χ3n) is 4.59. The minimum atomic E-state index is -0.337. The van der Waals surface area contributed by atoms with E-state index in [-0.39, 0.29) is 36.0 Å². The van der Waals surface area contributed by atoms with Crippen molar-refractivity contribution in [1.29, 1.82) is 0 Å². The van der Waals surface area contributed by atoms with E-state index in [0.717, 1.165) is 42.6 Å². The maximum atomic E-state index is 12.2. The van der Waals surface area contributed by atoms with Gasteiger partial charge in [0.2, 0.25) is 0 Å². The van der Waals surface area contributed by atoms with Crippen molar-refractivity contribution in [2.75, 3.05) is 25.5 Å². The molecule has 9 heteroatoms. The van der Waals surface area contributed by atoms with Crippen molar-refractivity contribution in [1.82, 2.24) is 15.6 Å². The standard InChI is InChI=1S/C21H26ClN5O2.HI/c1-23-21(24-10-9-15-7-8-19(22)25-13-15)26-14-16-4-2-5-17(12-16)27-20(28)18-6-3-11-29-18;/h2,4-5,7-8,12-13,18H,3,6,9-11,14H2,1H3,(H,27,28)(H2,23,24,26);1H. The van der Waals surface area contributed by atoms with Gasteiger partial charge in [0.1, 0.15) is 11.3 Å². The Morgan fingerprint density at radius 3 is 2.83 bits per heavy atom. The number of halogens is 2. The van der Waals surface area contributed by atoms with Crippen molar-refractivity contribution >= 4 is 53.1 Å². The number of ether oxygens (including phenoxy) is 1. The molecule has 1 amide bonds. The predicted octanol–water partition coefficient (Wildman–Crippen LogP) is 3.38. The summed E-state index contributed by atoms with van der Waals surface area (Å²) in [5.74, 6) is 0.627. The number of anilines is 1. The lowest BCUT2D eigenvalue weighted by molar-refractivity contribution is -0.124. The second-order valence-electron chi connectivity index (χ2n) is 6.78. The Morgan fingerprint density at radius 1 is 1.27 bits per heavy atom. The molecule has 1 aromatic heterocycles. The topological polar surface area (TPSA) is 87.6 Å². The maximum absolute atomic E-state index is 12.2. The lowest BCUT2D eigenvalue weighted by Gasteiger charge is -2.14. The first-order valence-electron chi connectivity index (χ1n) is 9.70. The second kappa shape index (κ2) is 12.7. The average molecular weight is 544 g/mol. The Balaban J connectivity index is 0.00000320. The predicted molar refractivity (Wildman–Crippen MR) is 131 cm³/mol. The molecule has 1 fully saturated rings. The molecule has 1 unspecified atom stereocenters. The van der Waals surface area contributed by atoms with Gasteiger partial charge in [-0.1, -0.05) is 29.8 Å². The maximum Gasteiger partial charge on any atom is 0.253 e. The van der Waals surface area contributed by atoms with E-state index < -0.39 is 0 Å².